The molecule has 2 amide bonds. The normalized spacial score (nSPS) is 13.1. The monoisotopic (exact) mass is 359 g/mol. The van der Waals surface area contributed by atoms with E-state index in [1.165, 1.54) is 6.33 Å². The molecule has 0 saturated carbocycles. The van der Waals surface area contributed by atoms with Crippen LogP contribution < -0.4 is 10.6 Å². The molecule has 0 radical (unpaired) electrons. The number of ether oxygens (including phenoxy) is 1. The number of aromatic nitrogens is 3. The first kappa shape index (κ1) is 19.4. The predicted molar refractivity (Wildman–Crippen MR) is 96.7 cm³/mol. The summed E-state index contributed by atoms with van der Waals surface area (Å²) in [6, 6.07) is 6.78. The highest BCUT2D eigenvalue weighted by molar-refractivity contribution is 5.86. The van der Waals surface area contributed by atoms with Crippen molar-refractivity contribution in [3.8, 4) is 5.69 Å². The van der Waals surface area contributed by atoms with Crippen molar-refractivity contribution in [2.75, 3.05) is 6.61 Å². The van der Waals surface area contributed by atoms with Crippen LogP contribution in [0, 0.1) is 5.92 Å². The lowest BCUT2D eigenvalue weighted by molar-refractivity contribution is -0.124. The molecule has 0 bridgehead atoms. The van der Waals surface area contributed by atoms with E-state index in [9.17, 15) is 9.59 Å². The van der Waals surface area contributed by atoms with E-state index in [-0.39, 0.29) is 24.5 Å². The van der Waals surface area contributed by atoms with Gasteiger partial charge in [-0.1, -0.05) is 26.0 Å². The van der Waals surface area contributed by atoms with Gasteiger partial charge in [0.25, 0.3) is 0 Å². The SMILES string of the molecule is CCOC(=O)NC(C(=O)NC(C)c1ccc(-n2cncn2)cc1)C(C)C. The van der Waals surface area contributed by atoms with Crippen LogP contribution in [0.15, 0.2) is 36.9 Å². The number of benzene rings is 1. The number of alkyl carbamates (subject to hydrolysis) is 1. The van der Waals surface area contributed by atoms with E-state index in [4.69, 9.17) is 4.74 Å². The Labute approximate surface area is 153 Å². The van der Waals surface area contributed by atoms with Gasteiger partial charge in [0.1, 0.15) is 18.7 Å². The van der Waals surface area contributed by atoms with Crippen molar-refractivity contribution in [2.24, 2.45) is 5.92 Å². The van der Waals surface area contributed by atoms with Crippen molar-refractivity contribution in [2.45, 2.75) is 39.8 Å². The van der Waals surface area contributed by atoms with Crippen LogP contribution in [0.3, 0.4) is 0 Å². The molecule has 1 aromatic carbocycles. The number of hydrogen-bond donors (Lipinski definition) is 2. The van der Waals surface area contributed by atoms with Crippen molar-refractivity contribution >= 4 is 12.0 Å². The molecule has 0 saturated heterocycles. The minimum atomic E-state index is -0.661. The summed E-state index contributed by atoms with van der Waals surface area (Å²) in [7, 11) is 0. The summed E-state index contributed by atoms with van der Waals surface area (Å²) in [5.74, 6) is -0.317. The molecule has 0 aliphatic carbocycles. The summed E-state index contributed by atoms with van der Waals surface area (Å²) in [6.07, 6.45) is 2.50. The maximum absolute atomic E-state index is 12.6. The van der Waals surface area contributed by atoms with Crippen LogP contribution in [0.1, 0.15) is 39.3 Å². The largest absolute Gasteiger partial charge is 0.450 e. The Morgan fingerprint density at radius 1 is 1.15 bits per heavy atom. The van der Waals surface area contributed by atoms with Gasteiger partial charge in [-0.25, -0.2) is 14.5 Å². The second-order valence-electron chi connectivity index (χ2n) is 6.25. The number of carbonyl (C=O) groups excluding carboxylic acids is 2. The number of rotatable bonds is 7. The molecule has 8 nitrogen and oxygen atoms in total. The Bertz CT molecular complexity index is 713. The fourth-order valence-electron chi connectivity index (χ4n) is 2.48. The molecule has 2 N–H and O–H groups in total. The average molecular weight is 359 g/mol. The fourth-order valence-corrected chi connectivity index (χ4v) is 2.48. The fraction of sp³-hybridized carbons (Fsp3) is 0.444. The van der Waals surface area contributed by atoms with Crippen LogP contribution in [-0.4, -0.2) is 39.4 Å². The van der Waals surface area contributed by atoms with Gasteiger partial charge in [0.15, 0.2) is 0 Å². The first-order valence-corrected chi connectivity index (χ1v) is 8.61. The van der Waals surface area contributed by atoms with Gasteiger partial charge in [-0.15, -0.1) is 0 Å². The van der Waals surface area contributed by atoms with E-state index in [0.717, 1.165) is 11.3 Å². The molecular weight excluding hydrogens is 334 g/mol. The first-order valence-electron chi connectivity index (χ1n) is 8.61. The molecule has 2 atom stereocenters. The summed E-state index contributed by atoms with van der Waals surface area (Å²) in [5.41, 5.74) is 1.83. The highest BCUT2D eigenvalue weighted by atomic mass is 16.5. The summed E-state index contributed by atoms with van der Waals surface area (Å²) >= 11 is 0. The lowest BCUT2D eigenvalue weighted by Crippen LogP contribution is -2.50. The topological polar surface area (TPSA) is 98.1 Å². The van der Waals surface area contributed by atoms with Crippen LogP contribution >= 0.6 is 0 Å². The van der Waals surface area contributed by atoms with Gasteiger partial charge in [-0.05, 0) is 37.5 Å². The third kappa shape index (κ3) is 5.05. The molecular formula is C18H25N5O3. The van der Waals surface area contributed by atoms with Gasteiger partial charge in [-0.3, -0.25) is 4.79 Å². The number of hydrogen-bond acceptors (Lipinski definition) is 5. The minimum Gasteiger partial charge on any atom is -0.450 e. The molecule has 26 heavy (non-hydrogen) atoms. The standard InChI is InChI=1S/C18H25N5O3/c1-5-26-18(25)22-16(12(2)3)17(24)21-13(4)14-6-8-15(9-7-14)23-11-19-10-20-23/h6-13,16H,5H2,1-4H3,(H,21,24)(H,22,25). The molecule has 2 unspecified atom stereocenters. The molecule has 8 heteroatoms. The van der Waals surface area contributed by atoms with E-state index in [1.54, 1.807) is 17.9 Å². The summed E-state index contributed by atoms with van der Waals surface area (Å²) < 4.78 is 6.53. The number of nitrogens with one attached hydrogen (secondary N) is 2. The smallest absolute Gasteiger partial charge is 0.407 e. The minimum absolute atomic E-state index is 0.0682. The van der Waals surface area contributed by atoms with Gasteiger partial charge in [0.05, 0.1) is 18.3 Å². The zero-order valence-electron chi connectivity index (χ0n) is 15.5. The van der Waals surface area contributed by atoms with E-state index in [0.29, 0.717) is 0 Å². The van der Waals surface area contributed by atoms with Crippen molar-refractivity contribution in [3.05, 3.63) is 42.5 Å². The molecule has 2 rings (SSSR count). The Kier molecular flexibility index (Phi) is 6.71. The quantitative estimate of drug-likeness (QED) is 0.790. The van der Waals surface area contributed by atoms with Gasteiger partial charge in [0, 0.05) is 0 Å². The Morgan fingerprint density at radius 2 is 1.85 bits per heavy atom. The van der Waals surface area contributed by atoms with Crippen molar-refractivity contribution in [1.82, 2.24) is 25.4 Å². The van der Waals surface area contributed by atoms with Crippen molar-refractivity contribution in [3.63, 3.8) is 0 Å². The predicted octanol–water partition coefficient (Wildman–Crippen LogP) is 2.22. The third-order valence-corrected chi connectivity index (χ3v) is 3.93. The van der Waals surface area contributed by atoms with Gasteiger partial charge >= 0.3 is 6.09 Å². The van der Waals surface area contributed by atoms with E-state index in [2.05, 4.69) is 20.7 Å². The second-order valence-corrected chi connectivity index (χ2v) is 6.25. The van der Waals surface area contributed by atoms with E-state index < -0.39 is 12.1 Å². The Hall–Kier alpha value is -2.90. The average Bonchev–Trinajstić information content (AvgIpc) is 3.14. The zero-order valence-corrected chi connectivity index (χ0v) is 15.5. The Balaban J connectivity index is 2.01. The van der Waals surface area contributed by atoms with Crippen LogP contribution in [0.25, 0.3) is 5.69 Å². The second kappa shape index (κ2) is 8.98. The maximum Gasteiger partial charge on any atom is 0.407 e. The lowest BCUT2D eigenvalue weighted by Gasteiger charge is -2.24. The Morgan fingerprint density at radius 3 is 2.38 bits per heavy atom. The van der Waals surface area contributed by atoms with Crippen LogP contribution in [0.5, 0.6) is 0 Å². The van der Waals surface area contributed by atoms with Gasteiger partial charge in [-0.2, -0.15) is 5.10 Å². The summed E-state index contributed by atoms with van der Waals surface area (Å²) in [5, 5.41) is 9.62. The summed E-state index contributed by atoms with van der Waals surface area (Å²) in [6.45, 7) is 7.61. The highest BCUT2D eigenvalue weighted by Gasteiger charge is 2.26. The molecule has 1 aromatic heterocycles. The maximum atomic E-state index is 12.6. The summed E-state index contributed by atoms with van der Waals surface area (Å²) in [4.78, 5) is 28.1. The zero-order chi connectivity index (χ0) is 19.1. The van der Waals surface area contributed by atoms with E-state index in [1.807, 2.05) is 45.0 Å². The molecule has 140 valence electrons. The highest BCUT2D eigenvalue weighted by Crippen LogP contribution is 2.16. The molecule has 0 aliphatic rings. The number of carbonyl (C=O) groups is 2. The first-order chi connectivity index (χ1) is 12.4. The van der Waals surface area contributed by atoms with Gasteiger partial charge < -0.3 is 15.4 Å². The molecule has 0 spiro atoms. The van der Waals surface area contributed by atoms with E-state index >= 15 is 0 Å². The van der Waals surface area contributed by atoms with Crippen LogP contribution in [0.4, 0.5) is 4.79 Å². The van der Waals surface area contributed by atoms with Crippen molar-refractivity contribution in [1.29, 1.82) is 0 Å². The number of amides is 2. The lowest BCUT2D eigenvalue weighted by atomic mass is 10.0. The molecule has 1 heterocycles. The van der Waals surface area contributed by atoms with Crippen LogP contribution in [0.2, 0.25) is 0 Å². The third-order valence-electron chi connectivity index (χ3n) is 3.93. The van der Waals surface area contributed by atoms with Crippen LogP contribution in [-0.2, 0) is 9.53 Å². The molecule has 0 aliphatic heterocycles. The van der Waals surface area contributed by atoms with Crippen molar-refractivity contribution < 1.29 is 14.3 Å². The number of nitrogens with zero attached hydrogens (tertiary/aromatic N) is 3. The molecule has 0 fully saturated rings. The molecule has 2 aromatic rings. The van der Waals surface area contributed by atoms with Gasteiger partial charge in [0.2, 0.25) is 5.91 Å².